The second kappa shape index (κ2) is 7.94. The number of nitrogens with one attached hydrogen (secondary N) is 2. The number of hydrogen-bond acceptors (Lipinski definition) is 7. The van der Waals surface area contributed by atoms with Crippen molar-refractivity contribution in [3.05, 3.63) is 36.2 Å². The molecule has 9 nitrogen and oxygen atoms in total. The van der Waals surface area contributed by atoms with Gasteiger partial charge in [0.05, 0.1) is 24.3 Å². The Bertz CT molecular complexity index is 851. The van der Waals surface area contributed by atoms with Gasteiger partial charge in [-0.25, -0.2) is 14.4 Å². The number of halogens is 1. The molecule has 0 aliphatic heterocycles. The van der Waals surface area contributed by atoms with Gasteiger partial charge in [-0.15, -0.1) is 0 Å². The minimum Gasteiger partial charge on any atom is -0.368 e. The number of carbonyl (C=O) groups is 2. The quantitative estimate of drug-likeness (QED) is 0.573. The van der Waals surface area contributed by atoms with Gasteiger partial charge < -0.3 is 22.1 Å². The molecule has 0 bridgehead atoms. The van der Waals surface area contributed by atoms with Crippen molar-refractivity contribution in [2.45, 2.75) is 33.2 Å². The van der Waals surface area contributed by atoms with E-state index in [1.165, 1.54) is 18.5 Å². The smallest absolute Gasteiger partial charge is 0.271 e. The van der Waals surface area contributed by atoms with Gasteiger partial charge in [-0.2, -0.15) is 0 Å². The summed E-state index contributed by atoms with van der Waals surface area (Å²) in [5, 5.41) is 5.66. The van der Waals surface area contributed by atoms with E-state index in [9.17, 15) is 14.0 Å². The predicted octanol–water partition coefficient (Wildman–Crippen LogP) is 1.56. The van der Waals surface area contributed by atoms with Crippen molar-refractivity contribution in [1.29, 1.82) is 0 Å². The average Bonchev–Trinajstić information content (AvgIpc) is 2.53. The first-order valence-electron chi connectivity index (χ1n) is 8.15. The molecule has 6 N–H and O–H groups in total. The van der Waals surface area contributed by atoms with E-state index in [1.54, 1.807) is 0 Å². The first kappa shape index (κ1) is 20.0. The van der Waals surface area contributed by atoms with Gasteiger partial charge in [-0.3, -0.25) is 14.6 Å². The molecule has 1 atom stereocenters. The summed E-state index contributed by atoms with van der Waals surface area (Å²) in [6, 6.07) is 0.480. The lowest BCUT2D eigenvalue weighted by Gasteiger charge is -2.25. The van der Waals surface area contributed by atoms with Gasteiger partial charge in [0.15, 0.2) is 11.5 Å². The van der Waals surface area contributed by atoms with E-state index in [-0.39, 0.29) is 28.4 Å². The van der Waals surface area contributed by atoms with Gasteiger partial charge in [-0.1, -0.05) is 20.8 Å². The molecule has 0 aromatic carbocycles. The number of nitrogens with two attached hydrogens (primary N) is 2. The summed E-state index contributed by atoms with van der Waals surface area (Å²) in [7, 11) is 0. The maximum Gasteiger partial charge on any atom is 0.271 e. The van der Waals surface area contributed by atoms with E-state index in [4.69, 9.17) is 11.5 Å². The number of pyridine rings is 1. The fraction of sp³-hybridized carbons (Fsp3) is 0.353. The van der Waals surface area contributed by atoms with E-state index in [0.717, 1.165) is 6.20 Å². The number of amides is 2. The molecule has 0 fully saturated rings. The molecule has 0 saturated heterocycles. The van der Waals surface area contributed by atoms with Crippen LogP contribution in [0.25, 0.3) is 0 Å². The van der Waals surface area contributed by atoms with Crippen LogP contribution < -0.4 is 22.1 Å². The van der Waals surface area contributed by atoms with Crippen molar-refractivity contribution < 1.29 is 14.0 Å². The van der Waals surface area contributed by atoms with Gasteiger partial charge in [0, 0.05) is 6.07 Å². The summed E-state index contributed by atoms with van der Waals surface area (Å²) in [5.74, 6) is -1.72. The number of rotatable bonds is 7. The Morgan fingerprint density at radius 1 is 1.22 bits per heavy atom. The van der Waals surface area contributed by atoms with Gasteiger partial charge in [0.25, 0.3) is 5.91 Å². The number of aromatic nitrogens is 3. The maximum atomic E-state index is 13.3. The highest BCUT2D eigenvalue weighted by Gasteiger charge is 2.24. The molecule has 0 radical (unpaired) electrons. The third kappa shape index (κ3) is 5.87. The van der Waals surface area contributed by atoms with Crippen molar-refractivity contribution in [2.24, 2.45) is 16.9 Å². The normalized spacial score (nSPS) is 12.3. The number of nitrogens with zero attached hydrogens (tertiary/aromatic N) is 3. The van der Waals surface area contributed by atoms with Crippen LogP contribution in [0.3, 0.4) is 0 Å². The third-order valence-electron chi connectivity index (χ3n) is 3.46. The molecule has 0 aliphatic carbocycles. The molecule has 144 valence electrons. The van der Waals surface area contributed by atoms with Crippen molar-refractivity contribution in [2.75, 3.05) is 10.6 Å². The van der Waals surface area contributed by atoms with Gasteiger partial charge in [0.1, 0.15) is 17.7 Å². The average molecular weight is 375 g/mol. The fourth-order valence-corrected chi connectivity index (χ4v) is 2.36. The van der Waals surface area contributed by atoms with E-state index in [2.05, 4.69) is 25.6 Å². The van der Waals surface area contributed by atoms with Gasteiger partial charge in [-0.05, 0) is 11.8 Å². The number of primary amides is 2. The Labute approximate surface area is 155 Å². The van der Waals surface area contributed by atoms with Crippen LogP contribution in [0.5, 0.6) is 0 Å². The number of anilines is 3. The molecule has 27 heavy (non-hydrogen) atoms. The standard InChI is InChI=1S/C17H22FN7O2/c1-17(2,3)5-11(14(19)26)24-12-8-22-13(15(20)27)16(25-12)23-10-4-9(18)6-21-7-10/h4,6-8,11H,5H2,1-3H3,(H2,19,26)(H2,20,27)(H2,23,24,25)/t11-/m1/s1. The van der Waals surface area contributed by atoms with E-state index < -0.39 is 23.7 Å². The van der Waals surface area contributed by atoms with Gasteiger partial charge >= 0.3 is 0 Å². The summed E-state index contributed by atoms with van der Waals surface area (Å²) in [5.41, 5.74) is 10.7. The zero-order chi connectivity index (χ0) is 20.2. The summed E-state index contributed by atoms with van der Waals surface area (Å²) >= 11 is 0. The maximum absolute atomic E-state index is 13.3. The van der Waals surface area contributed by atoms with Gasteiger partial charge in [0.2, 0.25) is 5.91 Å². The molecule has 2 rings (SSSR count). The molecule has 10 heteroatoms. The van der Waals surface area contributed by atoms with Crippen LogP contribution in [0.4, 0.5) is 21.7 Å². The zero-order valence-corrected chi connectivity index (χ0v) is 15.3. The molecule has 0 unspecified atom stereocenters. The van der Waals surface area contributed by atoms with Crippen molar-refractivity contribution in [3.63, 3.8) is 0 Å². The Morgan fingerprint density at radius 3 is 2.48 bits per heavy atom. The Morgan fingerprint density at radius 2 is 1.93 bits per heavy atom. The first-order valence-corrected chi connectivity index (χ1v) is 8.15. The van der Waals surface area contributed by atoms with Crippen LogP contribution in [0, 0.1) is 11.2 Å². The summed E-state index contributed by atoms with van der Waals surface area (Å²) < 4.78 is 13.3. The molecule has 2 amide bonds. The van der Waals surface area contributed by atoms with Crippen LogP contribution in [0.2, 0.25) is 0 Å². The zero-order valence-electron chi connectivity index (χ0n) is 15.3. The van der Waals surface area contributed by atoms with Crippen LogP contribution in [0.1, 0.15) is 37.7 Å². The highest BCUT2D eigenvalue weighted by atomic mass is 19.1. The highest BCUT2D eigenvalue weighted by Crippen LogP contribution is 2.24. The minimum absolute atomic E-state index is 0.00104. The SMILES string of the molecule is CC(C)(C)C[C@@H](Nc1cnc(C(N)=O)c(Nc2cncc(F)c2)n1)C(N)=O. The molecule has 0 spiro atoms. The van der Waals surface area contributed by atoms with Crippen molar-refractivity contribution in [3.8, 4) is 0 Å². The second-order valence-corrected chi connectivity index (χ2v) is 7.20. The van der Waals surface area contributed by atoms with Crippen LogP contribution in [0.15, 0.2) is 24.7 Å². The second-order valence-electron chi connectivity index (χ2n) is 7.20. The number of hydrogen-bond donors (Lipinski definition) is 4. The topological polar surface area (TPSA) is 149 Å². The minimum atomic E-state index is -0.818. The highest BCUT2D eigenvalue weighted by molar-refractivity contribution is 5.96. The molecule has 0 saturated carbocycles. The lowest BCUT2D eigenvalue weighted by atomic mass is 9.88. The largest absolute Gasteiger partial charge is 0.368 e. The van der Waals surface area contributed by atoms with Crippen molar-refractivity contribution >= 4 is 29.1 Å². The summed E-state index contributed by atoms with van der Waals surface area (Å²) in [4.78, 5) is 35.3. The molecular formula is C17H22FN7O2. The van der Waals surface area contributed by atoms with E-state index in [1.807, 2.05) is 20.8 Å². The molecule has 2 heterocycles. The van der Waals surface area contributed by atoms with E-state index in [0.29, 0.717) is 6.42 Å². The predicted molar refractivity (Wildman–Crippen MR) is 98.7 cm³/mol. The molecule has 0 aliphatic rings. The molecule has 2 aromatic rings. The lowest BCUT2D eigenvalue weighted by molar-refractivity contribution is -0.119. The number of carbonyl (C=O) groups excluding carboxylic acids is 2. The molecule has 2 aromatic heterocycles. The summed E-state index contributed by atoms with van der Waals surface area (Å²) in [6.45, 7) is 5.91. The fourth-order valence-electron chi connectivity index (χ4n) is 2.36. The van der Waals surface area contributed by atoms with Crippen molar-refractivity contribution in [1.82, 2.24) is 15.0 Å². The van der Waals surface area contributed by atoms with Crippen LogP contribution in [-0.2, 0) is 4.79 Å². The van der Waals surface area contributed by atoms with Crippen LogP contribution >= 0.6 is 0 Å². The van der Waals surface area contributed by atoms with E-state index >= 15 is 0 Å². The monoisotopic (exact) mass is 375 g/mol. The third-order valence-corrected chi connectivity index (χ3v) is 3.46. The molecular weight excluding hydrogens is 353 g/mol. The Hall–Kier alpha value is -3.30. The lowest BCUT2D eigenvalue weighted by Crippen LogP contribution is -2.38. The first-order chi connectivity index (χ1) is 12.5. The Kier molecular flexibility index (Phi) is 5.88. The Balaban J connectivity index is 2.33. The summed E-state index contributed by atoms with van der Waals surface area (Å²) in [6.07, 6.45) is 4.11. The van der Waals surface area contributed by atoms with Crippen LogP contribution in [-0.4, -0.2) is 32.8 Å².